The first-order chi connectivity index (χ1) is 5.20. The Morgan fingerprint density at radius 3 is 2.55 bits per heavy atom. The highest BCUT2D eigenvalue weighted by Crippen LogP contribution is 2.17. The third-order valence-corrected chi connectivity index (χ3v) is 2.48. The third kappa shape index (κ3) is 2.81. The van der Waals surface area contributed by atoms with E-state index in [4.69, 9.17) is 0 Å². The van der Waals surface area contributed by atoms with Crippen molar-refractivity contribution in [3.8, 4) is 0 Å². The van der Waals surface area contributed by atoms with Gasteiger partial charge in [-0.05, 0) is 19.8 Å². The van der Waals surface area contributed by atoms with Gasteiger partial charge in [-0.3, -0.25) is 4.79 Å². The molecule has 0 aromatic rings. The monoisotopic (exact) mass is 219 g/mol. The molecule has 1 atom stereocenters. The van der Waals surface area contributed by atoms with E-state index in [2.05, 4.69) is 21.2 Å². The fourth-order valence-corrected chi connectivity index (χ4v) is 1.52. The van der Waals surface area contributed by atoms with Crippen LogP contribution in [0.4, 0.5) is 0 Å². The van der Waals surface area contributed by atoms with Crippen LogP contribution in [0.1, 0.15) is 32.6 Å². The summed E-state index contributed by atoms with van der Waals surface area (Å²) in [7, 11) is 0. The van der Waals surface area contributed by atoms with Crippen LogP contribution in [0.3, 0.4) is 0 Å². The van der Waals surface area contributed by atoms with E-state index >= 15 is 0 Å². The van der Waals surface area contributed by atoms with Crippen molar-refractivity contribution >= 4 is 21.8 Å². The Hall–Kier alpha value is -0.0500. The van der Waals surface area contributed by atoms with E-state index in [9.17, 15) is 4.79 Å². The molecule has 2 nitrogen and oxygen atoms in total. The van der Waals surface area contributed by atoms with Gasteiger partial charge in [0.15, 0.2) is 0 Å². The quantitative estimate of drug-likeness (QED) is 0.706. The fourth-order valence-electron chi connectivity index (χ4n) is 1.39. The normalized spacial score (nSPS) is 21.6. The Morgan fingerprint density at radius 2 is 2.09 bits per heavy atom. The van der Waals surface area contributed by atoms with E-state index < -0.39 is 0 Å². The topological polar surface area (TPSA) is 29.1 Å². The summed E-state index contributed by atoms with van der Waals surface area (Å²) in [5.41, 5.74) is 0. The van der Waals surface area contributed by atoms with Crippen LogP contribution >= 0.6 is 15.9 Å². The zero-order valence-electron chi connectivity index (χ0n) is 6.77. The van der Waals surface area contributed by atoms with Gasteiger partial charge in [0.1, 0.15) is 0 Å². The van der Waals surface area contributed by atoms with Crippen molar-refractivity contribution in [1.82, 2.24) is 5.32 Å². The molecule has 1 unspecified atom stereocenters. The van der Waals surface area contributed by atoms with Crippen molar-refractivity contribution in [2.75, 3.05) is 0 Å². The second-order valence-corrected chi connectivity index (χ2v) is 4.48. The summed E-state index contributed by atoms with van der Waals surface area (Å²) in [6, 6.07) is 0.447. The Labute approximate surface area is 75.9 Å². The summed E-state index contributed by atoms with van der Waals surface area (Å²) in [5, 5.41) is 2.99. The minimum absolute atomic E-state index is 0.0527. The molecule has 0 bridgehead atoms. The van der Waals surface area contributed by atoms with Crippen LogP contribution in [-0.2, 0) is 4.79 Å². The molecule has 1 N–H and O–H groups in total. The molecule has 1 amide bonds. The van der Waals surface area contributed by atoms with E-state index in [1.165, 1.54) is 12.8 Å². The molecule has 1 saturated carbocycles. The molecular weight excluding hydrogens is 206 g/mol. The van der Waals surface area contributed by atoms with Gasteiger partial charge in [-0.1, -0.05) is 28.8 Å². The molecule has 0 aliphatic heterocycles. The van der Waals surface area contributed by atoms with E-state index in [0.717, 1.165) is 12.8 Å². The molecule has 1 rings (SSSR count). The lowest BCUT2D eigenvalue weighted by molar-refractivity contribution is -0.120. The van der Waals surface area contributed by atoms with Crippen molar-refractivity contribution in [3.05, 3.63) is 0 Å². The molecule has 0 aromatic heterocycles. The minimum atomic E-state index is -0.0527. The second-order valence-electron chi connectivity index (χ2n) is 3.11. The average molecular weight is 220 g/mol. The Balaban J connectivity index is 2.24. The van der Waals surface area contributed by atoms with Gasteiger partial charge in [0, 0.05) is 6.04 Å². The average Bonchev–Trinajstić information content (AvgIpc) is 2.39. The zero-order valence-corrected chi connectivity index (χ0v) is 8.36. The smallest absolute Gasteiger partial charge is 0.233 e. The predicted octanol–water partition coefficient (Wildman–Crippen LogP) is 1.83. The first kappa shape index (κ1) is 9.04. The fraction of sp³-hybridized carbons (Fsp3) is 0.875. The summed E-state index contributed by atoms with van der Waals surface area (Å²) in [6.45, 7) is 1.85. The number of hydrogen-bond donors (Lipinski definition) is 1. The minimum Gasteiger partial charge on any atom is -0.352 e. The molecule has 1 aliphatic rings. The van der Waals surface area contributed by atoms with Crippen molar-refractivity contribution in [2.45, 2.75) is 43.5 Å². The van der Waals surface area contributed by atoms with Crippen molar-refractivity contribution in [2.24, 2.45) is 0 Å². The van der Waals surface area contributed by atoms with Crippen molar-refractivity contribution in [1.29, 1.82) is 0 Å². The van der Waals surface area contributed by atoms with Crippen LogP contribution in [0, 0.1) is 0 Å². The molecule has 11 heavy (non-hydrogen) atoms. The van der Waals surface area contributed by atoms with Crippen LogP contribution in [0.25, 0.3) is 0 Å². The Bertz CT molecular complexity index is 141. The van der Waals surface area contributed by atoms with Gasteiger partial charge in [-0.25, -0.2) is 0 Å². The molecule has 1 fully saturated rings. The first-order valence-electron chi connectivity index (χ1n) is 4.14. The SMILES string of the molecule is CC(Br)C(=O)NC1CCCC1. The maximum absolute atomic E-state index is 11.1. The van der Waals surface area contributed by atoms with Gasteiger partial charge in [-0.2, -0.15) is 0 Å². The maximum atomic E-state index is 11.1. The highest BCUT2D eigenvalue weighted by molar-refractivity contribution is 9.10. The first-order valence-corrected chi connectivity index (χ1v) is 5.06. The molecule has 0 saturated heterocycles. The summed E-state index contributed by atoms with van der Waals surface area (Å²) < 4.78 is 0. The van der Waals surface area contributed by atoms with Gasteiger partial charge in [0.2, 0.25) is 5.91 Å². The molecule has 64 valence electrons. The van der Waals surface area contributed by atoms with Gasteiger partial charge < -0.3 is 5.32 Å². The molecule has 0 spiro atoms. The van der Waals surface area contributed by atoms with Crippen LogP contribution in [0.15, 0.2) is 0 Å². The van der Waals surface area contributed by atoms with E-state index in [1.54, 1.807) is 0 Å². The summed E-state index contributed by atoms with van der Waals surface area (Å²) in [5.74, 6) is 0.122. The summed E-state index contributed by atoms with van der Waals surface area (Å²) >= 11 is 3.24. The maximum Gasteiger partial charge on any atom is 0.233 e. The lowest BCUT2D eigenvalue weighted by atomic mass is 10.2. The number of carbonyl (C=O) groups is 1. The number of halogens is 1. The third-order valence-electron chi connectivity index (χ3n) is 2.06. The van der Waals surface area contributed by atoms with Crippen molar-refractivity contribution in [3.63, 3.8) is 0 Å². The highest BCUT2D eigenvalue weighted by atomic mass is 79.9. The number of alkyl halides is 1. The number of carbonyl (C=O) groups excluding carboxylic acids is 1. The lowest BCUT2D eigenvalue weighted by Gasteiger charge is -2.12. The number of nitrogens with one attached hydrogen (secondary N) is 1. The van der Waals surface area contributed by atoms with Gasteiger partial charge in [0.05, 0.1) is 4.83 Å². The van der Waals surface area contributed by atoms with Gasteiger partial charge >= 0.3 is 0 Å². The molecule has 3 heteroatoms. The second kappa shape index (κ2) is 4.10. The van der Waals surface area contributed by atoms with Crippen LogP contribution < -0.4 is 5.32 Å². The Morgan fingerprint density at radius 1 is 1.55 bits per heavy atom. The van der Waals surface area contributed by atoms with Gasteiger partial charge in [-0.15, -0.1) is 0 Å². The van der Waals surface area contributed by atoms with Crippen LogP contribution in [-0.4, -0.2) is 16.8 Å². The lowest BCUT2D eigenvalue weighted by Crippen LogP contribution is -2.36. The zero-order chi connectivity index (χ0) is 8.27. The predicted molar refractivity (Wildman–Crippen MR) is 48.8 cm³/mol. The van der Waals surface area contributed by atoms with Gasteiger partial charge in [0.25, 0.3) is 0 Å². The van der Waals surface area contributed by atoms with Crippen LogP contribution in [0.5, 0.6) is 0 Å². The molecule has 0 aromatic carbocycles. The van der Waals surface area contributed by atoms with E-state index in [-0.39, 0.29) is 10.7 Å². The number of amides is 1. The summed E-state index contributed by atoms with van der Waals surface area (Å²) in [6.07, 6.45) is 4.85. The standard InChI is InChI=1S/C8H14BrNO/c1-6(9)8(11)10-7-4-2-3-5-7/h6-7H,2-5H2,1H3,(H,10,11). The largest absolute Gasteiger partial charge is 0.352 e. The van der Waals surface area contributed by atoms with Crippen molar-refractivity contribution < 1.29 is 4.79 Å². The molecule has 0 radical (unpaired) electrons. The number of rotatable bonds is 2. The molecule has 0 heterocycles. The number of hydrogen-bond acceptors (Lipinski definition) is 1. The van der Waals surface area contributed by atoms with E-state index in [1.807, 2.05) is 6.92 Å². The highest BCUT2D eigenvalue weighted by Gasteiger charge is 2.18. The Kier molecular flexibility index (Phi) is 3.37. The molecular formula is C8H14BrNO. The summed E-state index contributed by atoms with van der Waals surface area (Å²) in [4.78, 5) is 11.1. The van der Waals surface area contributed by atoms with Crippen LogP contribution in [0.2, 0.25) is 0 Å². The molecule has 1 aliphatic carbocycles. The van der Waals surface area contributed by atoms with E-state index in [0.29, 0.717) is 6.04 Å².